The summed E-state index contributed by atoms with van der Waals surface area (Å²) in [6.07, 6.45) is 0.926. The number of aromatic carboxylic acids is 1. The first-order chi connectivity index (χ1) is 9.02. The van der Waals surface area contributed by atoms with Crippen LogP contribution in [0.5, 0.6) is 5.75 Å². The van der Waals surface area contributed by atoms with Gasteiger partial charge in [0.15, 0.2) is 0 Å². The minimum absolute atomic E-state index is 0.228. The molecule has 0 aliphatic heterocycles. The fraction of sp³-hybridized carbons (Fsp3) is 0.533. The van der Waals surface area contributed by atoms with Crippen LogP contribution >= 0.6 is 11.8 Å². The second-order valence-corrected chi connectivity index (χ2v) is 6.31. The van der Waals surface area contributed by atoms with Gasteiger partial charge in [0.25, 0.3) is 0 Å². The molecule has 106 valence electrons. The minimum atomic E-state index is -0.946. The molecule has 0 heterocycles. The molecule has 0 aromatic heterocycles. The van der Waals surface area contributed by atoms with E-state index in [1.54, 1.807) is 24.3 Å². The minimum Gasteiger partial charge on any atom is -0.493 e. The SMILES string of the molecule is CC(C)C(C)SCCCOc1ccccc1C(=O)O. The molecule has 3 nitrogen and oxygen atoms in total. The Kier molecular flexibility index (Phi) is 6.78. The number of para-hydroxylation sites is 1. The smallest absolute Gasteiger partial charge is 0.339 e. The summed E-state index contributed by atoms with van der Waals surface area (Å²) < 4.78 is 5.55. The first kappa shape index (κ1) is 15.9. The summed E-state index contributed by atoms with van der Waals surface area (Å²) in [5.41, 5.74) is 0.228. The van der Waals surface area contributed by atoms with Gasteiger partial charge in [0.2, 0.25) is 0 Å². The van der Waals surface area contributed by atoms with E-state index in [2.05, 4.69) is 20.8 Å². The Balaban J connectivity index is 2.32. The van der Waals surface area contributed by atoms with Gasteiger partial charge < -0.3 is 9.84 Å². The average Bonchev–Trinajstić information content (AvgIpc) is 2.38. The lowest BCUT2D eigenvalue weighted by Crippen LogP contribution is -2.08. The van der Waals surface area contributed by atoms with E-state index < -0.39 is 5.97 Å². The Hall–Kier alpha value is -1.16. The molecule has 1 aromatic carbocycles. The first-order valence-corrected chi connectivity index (χ1v) is 7.64. The lowest BCUT2D eigenvalue weighted by molar-refractivity contribution is 0.0692. The third kappa shape index (κ3) is 5.55. The van der Waals surface area contributed by atoms with Crippen molar-refractivity contribution < 1.29 is 14.6 Å². The van der Waals surface area contributed by atoms with E-state index in [9.17, 15) is 4.79 Å². The molecule has 1 unspecified atom stereocenters. The van der Waals surface area contributed by atoms with E-state index >= 15 is 0 Å². The van der Waals surface area contributed by atoms with Gasteiger partial charge in [-0.3, -0.25) is 0 Å². The van der Waals surface area contributed by atoms with Crippen LogP contribution < -0.4 is 4.74 Å². The normalized spacial score (nSPS) is 12.4. The standard InChI is InChI=1S/C15H22O3S/c1-11(2)12(3)19-10-6-9-18-14-8-5-4-7-13(14)15(16)17/h4-5,7-8,11-12H,6,9-10H2,1-3H3,(H,16,17). The summed E-state index contributed by atoms with van der Waals surface area (Å²) in [6, 6.07) is 6.76. The number of hydrogen-bond donors (Lipinski definition) is 1. The van der Waals surface area contributed by atoms with E-state index in [1.807, 2.05) is 11.8 Å². The van der Waals surface area contributed by atoms with Crippen molar-refractivity contribution in [3.05, 3.63) is 29.8 Å². The van der Waals surface area contributed by atoms with Crippen LogP contribution in [0.4, 0.5) is 0 Å². The summed E-state index contributed by atoms with van der Waals surface area (Å²) in [4.78, 5) is 11.0. The van der Waals surface area contributed by atoms with E-state index in [0.717, 1.165) is 12.2 Å². The lowest BCUT2D eigenvalue weighted by Gasteiger charge is -2.15. The summed E-state index contributed by atoms with van der Waals surface area (Å²) in [5, 5.41) is 9.66. The molecule has 1 aromatic rings. The number of rotatable bonds is 8. The number of benzene rings is 1. The molecule has 0 fully saturated rings. The second kappa shape index (κ2) is 8.10. The van der Waals surface area contributed by atoms with Crippen LogP contribution in [0.25, 0.3) is 0 Å². The molecular formula is C15H22O3S. The van der Waals surface area contributed by atoms with Crippen molar-refractivity contribution in [2.45, 2.75) is 32.4 Å². The average molecular weight is 282 g/mol. The largest absolute Gasteiger partial charge is 0.493 e. The van der Waals surface area contributed by atoms with Crippen molar-refractivity contribution in [2.24, 2.45) is 5.92 Å². The molecule has 0 saturated carbocycles. The molecular weight excluding hydrogens is 260 g/mol. The highest BCUT2D eigenvalue weighted by Crippen LogP contribution is 2.21. The van der Waals surface area contributed by atoms with E-state index in [1.165, 1.54) is 0 Å². The summed E-state index contributed by atoms with van der Waals surface area (Å²) in [5.74, 6) is 1.23. The molecule has 0 aliphatic carbocycles. The van der Waals surface area contributed by atoms with Gasteiger partial charge in [-0.25, -0.2) is 4.79 Å². The van der Waals surface area contributed by atoms with E-state index in [0.29, 0.717) is 23.5 Å². The molecule has 0 aliphatic rings. The van der Waals surface area contributed by atoms with E-state index in [-0.39, 0.29) is 5.56 Å². The quantitative estimate of drug-likeness (QED) is 0.734. The van der Waals surface area contributed by atoms with Gasteiger partial charge in [-0.2, -0.15) is 11.8 Å². The summed E-state index contributed by atoms with van der Waals surface area (Å²) >= 11 is 1.93. The fourth-order valence-electron chi connectivity index (χ4n) is 1.47. The van der Waals surface area contributed by atoms with Crippen molar-refractivity contribution >= 4 is 17.7 Å². The zero-order chi connectivity index (χ0) is 14.3. The van der Waals surface area contributed by atoms with Gasteiger partial charge in [0, 0.05) is 5.25 Å². The van der Waals surface area contributed by atoms with Crippen LogP contribution in [0.2, 0.25) is 0 Å². The number of ether oxygens (including phenoxy) is 1. The van der Waals surface area contributed by atoms with E-state index in [4.69, 9.17) is 9.84 Å². The third-order valence-corrected chi connectivity index (χ3v) is 4.58. The van der Waals surface area contributed by atoms with Crippen LogP contribution in [-0.4, -0.2) is 28.7 Å². The Labute approximate surface area is 119 Å². The highest BCUT2D eigenvalue weighted by molar-refractivity contribution is 7.99. The first-order valence-electron chi connectivity index (χ1n) is 6.59. The van der Waals surface area contributed by atoms with Crippen molar-refractivity contribution in [3.8, 4) is 5.75 Å². The Bertz CT molecular complexity index is 404. The predicted octanol–water partition coefficient (Wildman–Crippen LogP) is 3.93. The summed E-state index contributed by atoms with van der Waals surface area (Å²) in [6.45, 7) is 7.23. The van der Waals surface area contributed by atoms with Crippen molar-refractivity contribution in [3.63, 3.8) is 0 Å². The zero-order valence-corrected chi connectivity index (χ0v) is 12.6. The van der Waals surface area contributed by atoms with Crippen LogP contribution in [0.3, 0.4) is 0 Å². The highest BCUT2D eigenvalue weighted by Gasteiger charge is 2.10. The maximum atomic E-state index is 11.0. The number of carboxylic acids is 1. The van der Waals surface area contributed by atoms with Crippen molar-refractivity contribution in [1.29, 1.82) is 0 Å². The van der Waals surface area contributed by atoms with Crippen LogP contribution in [-0.2, 0) is 0 Å². The molecule has 4 heteroatoms. The molecule has 1 atom stereocenters. The van der Waals surface area contributed by atoms with Crippen LogP contribution in [0.15, 0.2) is 24.3 Å². The molecule has 0 amide bonds. The number of carboxylic acid groups (broad SMARTS) is 1. The Morgan fingerprint density at radius 1 is 1.32 bits per heavy atom. The monoisotopic (exact) mass is 282 g/mol. The predicted molar refractivity (Wildman–Crippen MR) is 80.3 cm³/mol. The lowest BCUT2D eigenvalue weighted by atomic mass is 10.2. The molecule has 1 rings (SSSR count). The fourth-order valence-corrected chi connectivity index (χ4v) is 2.51. The molecule has 0 radical (unpaired) electrons. The molecule has 0 bridgehead atoms. The number of thioether (sulfide) groups is 1. The Morgan fingerprint density at radius 3 is 2.63 bits per heavy atom. The zero-order valence-electron chi connectivity index (χ0n) is 11.8. The molecule has 1 N–H and O–H groups in total. The highest BCUT2D eigenvalue weighted by atomic mass is 32.2. The summed E-state index contributed by atoms with van der Waals surface area (Å²) in [7, 11) is 0. The maximum absolute atomic E-state index is 11.0. The maximum Gasteiger partial charge on any atom is 0.339 e. The van der Waals surface area contributed by atoms with Crippen LogP contribution in [0.1, 0.15) is 37.6 Å². The molecule has 19 heavy (non-hydrogen) atoms. The van der Waals surface area contributed by atoms with Gasteiger partial charge in [-0.15, -0.1) is 0 Å². The Morgan fingerprint density at radius 2 is 2.00 bits per heavy atom. The topological polar surface area (TPSA) is 46.5 Å². The van der Waals surface area contributed by atoms with Gasteiger partial charge in [-0.05, 0) is 30.2 Å². The van der Waals surface area contributed by atoms with Crippen LogP contribution in [0, 0.1) is 5.92 Å². The van der Waals surface area contributed by atoms with Crippen molar-refractivity contribution in [1.82, 2.24) is 0 Å². The molecule has 0 spiro atoms. The molecule has 0 saturated heterocycles. The second-order valence-electron chi connectivity index (χ2n) is 4.82. The van der Waals surface area contributed by atoms with Gasteiger partial charge in [-0.1, -0.05) is 32.9 Å². The van der Waals surface area contributed by atoms with Gasteiger partial charge in [0.05, 0.1) is 6.61 Å². The number of hydrogen-bond acceptors (Lipinski definition) is 3. The van der Waals surface area contributed by atoms with Gasteiger partial charge in [0.1, 0.15) is 11.3 Å². The van der Waals surface area contributed by atoms with Gasteiger partial charge >= 0.3 is 5.97 Å². The third-order valence-electron chi connectivity index (χ3n) is 2.98. The number of carbonyl (C=O) groups is 1. The van der Waals surface area contributed by atoms with Crippen molar-refractivity contribution in [2.75, 3.05) is 12.4 Å².